The van der Waals surface area contributed by atoms with Gasteiger partial charge in [0.15, 0.2) is 23.2 Å². The Morgan fingerprint density at radius 2 is 2.00 bits per heavy atom. The predicted molar refractivity (Wildman–Crippen MR) is 118 cm³/mol. The van der Waals surface area contributed by atoms with E-state index in [0.717, 1.165) is 13.1 Å². The monoisotopic (exact) mass is 494 g/mol. The molecule has 13 heteroatoms. The Labute approximate surface area is 190 Å². The van der Waals surface area contributed by atoms with E-state index >= 15 is 0 Å². The van der Waals surface area contributed by atoms with Gasteiger partial charge in [0.25, 0.3) is 15.4 Å². The van der Waals surface area contributed by atoms with Crippen LogP contribution >= 0.6 is 11.3 Å². The Morgan fingerprint density at radius 3 is 2.70 bits per heavy atom. The van der Waals surface area contributed by atoms with Crippen LogP contribution in [0.4, 0.5) is 14.6 Å². The molecule has 172 valence electrons. The van der Waals surface area contributed by atoms with Crippen LogP contribution in [0.2, 0.25) is 0 Å². The molecule has 33 heavy (non-hydrogen) atoms. The molecule has 0 aliphatic heterocycles. The number of fused-ring (bicyclic) bond motifs is 1. The van der Waals surface area contributed by atoms with E-state index in [9.17, 15) is 22.0 Å². The molecule has 4 aromatic rings. The smallest absolute Gasteiger partial charge is 0.340 e. The number of rotatable bonds is 7. The third-order valence-corrected chi connectivity index (χ3v) is 6.43. The van der Waals surface area contributed by atoms with Gasteiger partial charge in [-0.15, -0.1) is 0 Å². The highest BCUT2D eigenvalue weighted by atomic mass is 32.2. The van der Waals surface area contributed by atoms with Gasteiger partial charge in [0, 0.05) is 48.3 Å². The van der Waals surface area contributed by atoms with Crippen LogP contribution in [-0.4, -0.2) is 25.4 Å². The second-order valence-corrected chi connectivity index (χ2v) is 9.27. The number of hydrogen-bond donors (Lipinski definition) is 2. The molecular formula is C20H16F2N4O5S2. The zero-order valence-electron chi connectivity index (χ0n) is 17.2. The number of pyridine rings is 1. The van der Waals surface area contributed by atoms with Gasteiger partial charge in [-0.25, -0.2) is 28.3 Å². The number of nitrogens with one attached hydrogen (secondary N) is 2. The Kier molecular flexibility index (Phi) is 6.10. The molecule has 3 aromatic heterocycles. The molecule has 0 unspecified atom stereocenters. The molecule has 0 radical (unpaired) electrons. The second-order valence-electron chi connectivity index (χ2n) is 6.79. The van der Waals surface area contributed by atoms with Crippen LogP contribution in [-0.2, 0) is 16.6 Å². The maximum Gasteiger partial charge on any atom is 0.340 e. The van der Waals surface area contributed by atoms with E-state index in [0.29, 0.717) is 10.9 Å². The van der Waals surface area contributed by atoms with Crippen molar-refractivity contribution in [2.75, 3.05) is 11.8 Å². The Hall–Kier alpha value is -3.42. The minimum Gasteiger partial charge on any atom is -0.428 e. The van der Waals surface area contributed by atoms with Gasteiger partial charge in [-0.2, -0.15) is 8.42 Å². The van der Waals surface area contributed by atoms with E-state index in [1.165, 1.54) is 35.9 Å². The summed E-state index contributed by atoms with van der Waals surface area (Å²) in [6.07, 6.45) is 2.47. The molecule has 0 atom stereocenters. The summed E-state index contributed by atoms with van der Waals surface area (Å²) < 4.78 is 67.5. The molecular weight excluding hydrogens is 478 g/mol. The maximum atomic E-state index is 14.9. The highest BCUT2D eigenvalue weighted by molar-refractivity contribution is 7.90. The molecule has 0 saturated heterocycles. The van der Waals surface area contributed by atoms with Gasteiger partial charge in [0.1, 0.15) is 5.58 Å². The molecule has 9 nitrogen and oxygen atoms in total. The first-order chi connectivity index (χ1) is 15.7. The van der Waals surface area contributed by atoms with Crippen LogP contribution in [0.25, 0.3) is 11.0 Å². The molecule has 0 spiro atoms. The van der Waals surface area contributed by atoms with Gasteiger partial charge in [-0.1, -0.05) is 11.3 Å². The van der Waals surface area contributed by atoms with E-state index in [4.69, 9.17) is 9.15 Å². The number of anilines is 1. The van der Waals surface area contributed by atoms with Crippen LogP contribution in [0.5, 0.6) is 10.9 Å². The number of thiazole rings is 1. The molecule has 0 fully saturated rings. The average molecular weight is 495 g/mol. The lowest BCUT2D eigenvalue weighted by Gasteiger charge is -2.12. The lowest BCUT2D eigenvalue weighted by Crippen LogP contribution is -2.27. The SMILES string of the molecule is CNS(=O)(=O)Nc1nccc(Cc2c(C)c3cc(F)c(Oc4nccs4)cc3oc2=O)c1F. The molecule has 4 rings (SSSR count). The first-order valence-electron chi connectivity index (χ1n) is 9.36. The number of nitrogens with zero attached hydrogens (tertiary/aromatic N) is 2. The summed E-state index contributed by atoms with van der Waals surface area (Å²) in [5.41, 5.74) is -0.192. The summed E-state index contributed by atoms with van der Waals surface area (Å²) in [5, 5.41) is 2.19. The summed E-state index contributed by atoms with van der Waals surface area (Å²) in [4.78, 5) is 20.3. The summed E-state index contributed by atoms with van der Waals surface area (Å²) in [7, 11) is -2.84. The van der Waals surface area contributed by atoms with Crippen LogP contribution < -0.4 is 19.8 Å². The number of halogens is 2. The van der Waals surface area contributed by atoms with Crippen molar-refractivity contribution in [3.05, 3.63) is 74.7 Å². The third kappa shape index (κ3) is 4.69. The molecule has 0 aliphatic rings. The highest BCUT2D eigenvalue weighted by Crippen LogP contribution is 2.32. The number of aromatic nitrogens is 2. The number of ether oxygens (including phenoxy) is 1. The lowest BCUT2D eigenvalue weighted by atomic mass is 9.99. The fraction of sp³-hybridized carbons (Fsp3) is 0.150. The van der Waals surface area contributed by atoms with Crippen molar-refractivity contribution in [2.45, 2.75) is 13.3 Å². The van der Waals surface area contributed by atoms with Crippen molar-refractivity contribution in [3.63, 3.8) is 0 Å². The predicted octanol–water partition coefficient (Wildman–Crippen LogP) is 3.49. The van der Waals surface area contributed by atoms with Gasteiger partial charge in [-0.05, 0) is 30.2 Å². The van der Waals surface area contributed by atoms with Crippen molar-refractivity contribution < 1.29 is 26.4 Å². The first-order valence-corrected chi connectivity index (χ1v) is 11.7. The molecule has 0 bridgehead atoms. The molecule has 0 amide bonds. The minimum atomic E-state index is -4.00. The fourth-order valence-corrected chi connectivity index (χ4v) is 4.08. The van der Waals surface area contributed by atoms with Crippen molar-refractivity contribution in [2.24, 2.45) is 0 Å². The van der Waals surface area contributed by atoms with Gasteiger partial charge < -0.3 is 9.15 Å². The summed E-state index contributed by atoms with van der Waals surface area (Å²) in [5.74, 6) is -2.33. The van der Waals surface area contributed by atoms with Gasteiger partial charge in [0.05, 0.1) is 0 Å². The third-order valence-electron chi connectivity index (χ3n) is 4.78. The zero-order valence-corrected chi connectivity index (χ0v) is 18.8. The topological polar surface area (TPSA) is 123 Å². The number of benzene rings is 1. The van der Waals surface area contributed by atoms with E-state index in [2.05, 4.69) is 9.97 Å². The van der Waals surface area contributed by atoms with E-state index in [-0.39, 0.29) is 34.1 Å². The zero-order chi connectivity index (χ0) is 23.8. The maximum absolute atomic E-state index is 14.9. The molecule has 2 N–H and O–H groups in total. The Balaban J connectivity index is 1.73. The normalized spacial score (nSPS) is 11.6. The van der Waals surface area contributed by atoms with Crippen molar-refractivity contribution in [1.29, 1.82) is 0 Å². The second kappa shape index (κ2) is 8.84. The van der Waals surface area contributed by atoms with Crippen molar-refractivity contribution >= 4 is 38.3 Å². The average Bonchev–Trinajstić information content (AvgIpc) is 3.28. The molecule has 0 aliphatic carbocycles. The van der Waals surface area contributed by atoms with Crippen LogP contribution in [0.15, 0.2) is 45.2 Å². The Bertz CT molecular complexity index is 1510. The van der Waals surface area contributed by atoms with Crippen molar-refractivity contribution in [1.82, 2.24) is 14.7 Å². The van der Waals surface area contributed by atoms with Gasteiger partial charge >= 0.3 is 5.63 Å². The Morgan fingerprint density at radius 1 is 1.21 bits per heavy atom. The first kappa shape index (κ1) is 22.8. The summed E-state index contributed by atoms with van der Waals surface area (Å²) in [6.45, 7) is 1.58. The van der Waals surface area contributed by atoms with E-state index in [1.807, 2.05) is 9.44 Å². The number of hydrogen-bond acceptors (Lipinski definition) is 8. The van der Waals surface area contributed by atoms with Crippen LogP contribution in [0.3, 0.4) is 0 Å². The van der Waals surface area contributed by atoms with Crippen molar-refractivity contribution in [3.8, 4) is 10.9 Å². The van der Waals surface area contributed by atoms with Gasteiger partial charge in [-0.3, -0.25) is 4.72 Å². The summed E-state index contributed by atoms with van der Waals surface area (Å²) in [6, 6.07) is 3.72. The lowest BCUT2D eigenvalue weighted by molar-refractivity contribution is 0.438. The fourth-order valence-electron chi connectivity index (χ4n) is 3.09. The summed E-state index contributed by atoms with van der Waals surface area (Å²) >= 11 is 1.17. The quantitative estimate of drug-likeness (QED) is 0.377. The molecule has 1 aromatic carbocycles. The van der Waals surface area contributed by atoms with Crippen LogP contribution in [0, 0.1) is 18.6 Å². The minimum absolute atomic E-state index is 0.00208. The van der Waals surface area contributed by atoms with E-state index < -0.39 is 33.3 Å². The number of aryl methyl sites for hydroxylation is 1. The molecule has 0 saturated carbocycles. The largest absolute Gasteiger partial charge is 0.428 e. The van der Waals surface area contributed by atoms with Crippen LogP contribution in [0.1, 0.15) is 16.7 Å². The van der Waals surface area contributed by atoms with E-state index in [1.54, 1.807) is 12.3 Å². The molecule has 3 heterocycles. The van der Waals surface area contributed by atoms with Gasteiger partial charge in [0.2, 0.25) is 0 Å². The standard InChI is InChI=1S/C20H16F2N4O5S2/c1-10-12-8-14(21)16(31-20-25-5-6-32-20)9-15(12)30-19(27)13(10)7-11-3-4-24-18(17(11)22)26-33(28,29)23-2/h3-6,8-9,23H,7H2,1-2H3,(H,24,26). The highest BCUT2D eigenvalue weighted by Gasteiger charge is 2.20.